The summed E-state index contributed by atoms with van der Waals surface area (Å²) in [5, 5.41) is 3.12. The molecule has 1 atom stereocenters. The van der Waals surface area contributed by atoms with Crippen LogP contribution in [0.5, 0.6) is 0 Å². The monoisotopic (exact) mass is 300 g/mol. The predicted molar refractivity (Wildman–Crippen MR) is 83.9 cm³/mol. The lowest BCUT2D eigenvalue weighted by molar-refractivity contribution is 0.0391. The van der Waals surface area contributed by atoms with Gasteiger partial charge in [0.2, 0.25) is 5.95 Å². The first-order chi connectivity index (χ1) is 10.3. The number of rotatable bonds is 2. The fraction of sp³-hybridized carbons (Fsp3) is 0.333. The molecule has 0 spiro atoms. The summed E-state index contributed by atoms with van der Waals surface area (Å²) in [6.07, 6.45) is 0.0330. The molecule has 1 aliphatic heterocycles. The Kier molecular flexibility index (Phi) is 3.12. The Morgan fingerprint density at radius 1 is 1.33 bits per heavy atom. The van der Waals surface area contributed by atoms with Gasteiger partial charge in [-0.3, -0.25) is 0 Å². The highest BCUT2D eigenvalue weighted by Gasteiger charge is 2.26. The van der Waals surface area contributed by atoms with Crippen molar-refractivity contribution in [1.82, 2.24) is 15.0 Å². The van der Waals surface area contributed by atoms with E-state index in [0.29, 0.717) is 6.61 Å². The van der Waals surface area contributed by atoms with Gasteiger partial charge in [0.25, 0.3) is 0 Å². The van der Waals surface area contributed by atoms with Gasteiger partial charge in [-0.05, 0) is 19.1 Å². The number of thiazole rings is 1. The molecule has 0 aliphatic carbocycles. The third-order valence-corrected chi connectivity index (χ3v) is 4.71. The van der Waals surface area contributed by atoms with Gasteiger partial charge in [0.15, 0.2) is 0 Å². The van der Waals surface area contributed by atoms with Gasteiger partial charge in [0.1, 0.15) is 11.1 Å². The third-order valence-electron chi connectivity index (χ3n) is 3.66. The Labute approximate surface area is 126 Å². The largest absolute Gasteiger partial charge is 0.367 e. The van der Waals surface area contributed by atoms with E-state index in [1.165, 1.54) is 0 Å². The maximum atomic E-state index is 5.87. The number of fused-ring (bicyclic) bond motifs is 1. The highest BCUT2D eigenvalue weighted by Crippen LogP contribution is 2.27. The number of aryl methyl sites for hydroxylation is 1. The molecule has 4 rings (SSSR count). The first-order valence-electron chi connectivity index (χ1n) is 7.03. The summed E-state index contributed by atoms with van der Waals surface area (Å²) in [7, 11) is 0. The molecule has 1 unspecified atom stereocenters. The molecule has 1 fully saturated rings. The number of benzene rings is 1. The summed E-state index contributed by atoms with van der Waals surface area (Å²) in [6.45, 7) is 4.34. The lowest BCUT2D eigenvalue weighted by atomic mass is 10.3. The van der Waals surface area contributed by atoms with E-state index in [1.807, 2.05) is 31.2 Å². The maximum Gasteiger partial charge on any atom is 0.204 e. The van der Waals surface area contributed by atoms with Crippen LogP contribution < -0.4 is 4.90 Å². The number of nitrogens with one attached hydrogen (secondary N) is 1. The van der Waals surface area contributed by atoms with Crippen molar-refractivity contribution in [3.63, 3.8) is 0 Å². The van der Waals surface area contributed by atoms with Gasteiger partial charge >= 0.3 is 0 Å². The molecule has 1 aromatic carbocycles. The van der Waals surface area contributed by atoms with Gasteiger partial charge in [-0.15, -0.1) is 11.3 Å². The molecule has 3 aromatic rings. The van der Waals surface area contributed by atoms with Crippen LogP contribution in [-0.2, 0) is 4.74 Å². The van der Waals surface area contributed by atoms with Gasteiger partial charge in [-0.25, -0.2) is 9.97 Å². The Hall–Kier alpha value is -1.92. The van der Waals surface area contributed by atoms with Crippen molar-refractivity contribution in [2.45, 2.75) is 13.0 Å². The summed E-state index contributed by atoms with van der Waals surface area (Å²) >= 11 is 1.66. The van der Waals surface area contributed by atoms with Crippen molar-refractivity contribution in [2.75, 3.05) is 24.6 Å². The minimum absolute atomic E-state index is 0.0330. The number of nitrogens with zero attached hydrogens (tertiary/aromatic N) is 3. The first-order valence-corrected chi connectivity index (χ1v) is 7.91. The van der Waals surface area contributed by atoms with Crippen LogP contribution in [-0.4, -0.2) is 34.6 Å². The van der Waals surface area contributed by atoms with E-state index in [2.05, 4.69) is 25.2 Å². The molecule has 0 bridgehead atoms. The Bertz CT molecular complexity index is 733. The van der Waals surface area contributed by atoms with Crippen molar-refractivity contribution in [1.29, 1.82) is 0 Å². The van der Waals surface area contributed by atoms with Gasteiger partial charge in [0, 0.05) is 17.6 Å². The zero-order valence-electron chi connectivity index (χ0n) is 11.7. The van der Waals surface area contributed by atoms with Crippen molar-refractivity contribution in [3.05, 3.63) is 40.3 Å². The summed E-state index contributed by atoms with van der Waals surface area (Å²) in [6, 6.07) is 8.10. The normalized spacial score (nSPS) is 19.3. The molecule has 2 aromatic heterocycles. The van der Waals surface area contributed by atoms with Crippen LogP contribution in [0.15, 0.2) is 29.6 Å². The quantitative estimate of drug-likeness (QED) is 0.790. The number of ether oxygens (including phenoxy) is 1. The number of hydrogen-bond acceptors (Lipinski definition) is 5. The molecule has 5 nitrogen and oxygen atoms in total. The second kappa shape index (κ2) is 5.13. The summed E-state index contributed by atoms with van der Waals surface area (Å²) in [4.78, 5) is 14.8. The molecule has 0 saturated carbocycles. The maximum absolute atomic E-state index is 5.87. The zero-order valence-corrected chi connectivity index (χ0v) is 12.6. The summed E-state index contributed by atoms with van der Waals surface area (Å²) in [5.41, 5.74) is 3.13. The SMILES string of the molecule is Cc1csc(C2CN(c3nc4ccccc4[nH]3)CCO2)n1. The molecule has 0 amide bonds. The number of hydrogen-bond donors (Lipinski definition) is 1. The Morgan fingerprint density at radius 2 is 2.24 bits per heavy atom. The summed E-state index contributed by atoms with van der Waals surface area (Å²) < 4.78 is 5.87. The molecule has 6 heteroatoms. The number of anilines is 1. The molecule has 21 heavy (non-hydrogen) atoms. The average Bonchev–Trinajstić information content (AvgIpc) is 3.13. The smallest absolute Gasteiger partial charge is 0.204 e. The standard InChI is InChI=1S/C15H16N4OS/c1-10-9-21-14(16-10)13-8-19(6-7-20-13)15-17-11-4-2-3-5-12(11)18-15/h2-5,9,13H,6-8H2,1H3,(H,17,18). The summed E-state index contributed by atoms with van der Waals surface area (Å²) in [5.74, 6) is 0.915. The van der Waals surface area contributed by atoms with Crippen LogP contribution in [0.2, 0.25) is 0 Å². The molecule has 0 radical (unpaired) electrons. The van der Waals surface area contributed by atoms with Crippen LogP contribution in [0, 0.1) is 6.92 Å². The van der Waals surface area contributed by atoms with Gasteiger partial charge < -0.3 is 14.6 Å². The van der Waals surface area contributed by atoms with E-state index < -0.39 is 0 Å². The highest BCUT2D eigenvalue weighted by atomic mass is 32.1. The highest BCUT2D eigenvalue weighted by molar-refractivity contribution is 7.09. The van der Waals surface area contributed by atoms with Crippen molar-refractivity contribution < 1.29 is 4.74 Å². The van der Waals surface area contributed by atoms with E-state index in [4.69, 9.17) is 4.74 Å². The lowest BCUT2D eigenvalue weighted by Crippen LogP contribution is -2.39. The molecule has 108 valence electrons. The Morgan fingerprint density at radius 3 is 3.05 bits per heavy atom. The van der Waals surface area contributed by atoms with E-state index in [0.717, 1.165) is 40.8 Å². The van der Waals surface area contributed by atoms with Crippen molar-refractivity contribution in [2.24, 2.45) is 0 Å². The Balaban J connectivity index is 1.60. The minimum Gasteiger partial charge on any atom is -0.367 e. The molecular weight excluding hydrogens is 284 g/mol. The number of aromatic amines is 1. The molecule has 1 saturated heterocycles. The number of morpholine rings is 1. The van der Waals surface area contributed by atoms with E-state index in [-0.39, 0.29) is 6.10 Å². The van der Waals surface area contributed by atoms with E-state index >= 15 is 0 Å². The van der Waals surface area contributed by atoms with Crippen LogP contribution in [0.1, 0.15) is 16.8 Å². The van der Waals surface area contributed by atoms with E-state index in [9.17, 15) is 0 Å². The molecule has 1 N–H and O–H groups in total. The minimum atomic E-state index is 0.0330. The molecular formula is C15H16N4OS. The van der Waals surface area contributed by atoms with Crippen LogP contribution in [0.4, 0.5) is 5.95 Å². The third kappa shape index (κ3) is 2.41. The molecule has 3 heterocycles. The van der Waals surface area contributed by atoms with E-state index in [1.54, 1.807) is 11.3 Å². The van der Waals surface area contributed by atoms with Crippen LogP contribution in [0.25, 0.3) is 11.0 Å². The second-order valence-corrected chi connectivity index (χ2v) is 6.10. The number of aromatic nitrogens is 3. The van der Waals surface area contributed by atoms with Gasteiger partial charge in [-0.2, -0.15) is 0 Å². The first kappa shape index (κ1) is 12.8. The predicted octanol–water partition coefficient (Wildman–Crippen LogP) is 2.91. The number of H-pyrrole nitrogens is 1. The number of imidazole rings is 1. The fourth-order valence-corrected chi connectivity index (χ4v) is 3.44. The molecule has 1 aliphatic rings. The lowest BCUT2D eigenvalue weighted by Gasteiger charge is -2.31. The van der Waals surface area contributed by atoms with Gasteiger partial charge in [-0.1, -0.05) is 12.1 Å². The number of para-hydroxylation sites is 2. The van der Waals surface area contributed by atoms with Crippen LogP contribution in [0.3, 0.4) is 0 Å². The van der Waals surface area contributed by atoms with Gasteiger partial charge in [0.05, 0.1) is 24.2 Å². The topological polar surface area (TPSA) is 54.0 Å². The second-order valence-electron chi connectivity index (χ2n) is 5.21. The van der Waals surface area contributed by atoms with Crippen molar-refractivity contribution >= 4 is 28.3 Å². The van der Waals surface area contributed by atoms with Crippen molar-refractivity contribution in [3.8, 4) is 0 Å². The zero-order chi connectivity index (χ0) is 14.2. The van der Waals surface area contributed by atoms with Crippen LogP contribution >= 0.6 is 11.3 Å². The fourth-order valence-electron chi connectivity index (χ4n) is 2.60. The average molecular weight is 300 g/mol.